The Bertz CT molecular complexity index is 5210. The number of alkyl halides is 4. The van der Waals surface area contributed by atoms with Crippen molar-refractivity contribution in [2.24, 2.45) is 5.73 Å². The van der Waals surface area contributed by atoms with Gasteiger partial charge in [0.05, 0.1) is 46.2 Å². The maximum atomic E-state index is 15.5. The fraction of sp³-hybridized carbons (Fsp3) is 0.500. The van der Waals surface area contributed by atoms with E-state index in [9.17, 15) is 76.5 Å². The van der Waals surface area contributed by atoms with Gasteiger partial charge in [0, 0.05) is 50.1 Å². The van der Waals surface area contributed by atoms with Gasteiger partial charge < -0.3 is 99.5 Å². The number of para-hydroxylation sites is 3. The molecule has 8 heterocycles. The largest absolute Gasteiger partial charge is 0.465 e. The second-order valence-corrected chi connectivity index (χ2v) is 36.1. The third-order valence-corrected chi connectivity index (χ3v) is 24.7. The topological polar surface area (TPSA) is 619 Å². The van der Waals surface area contributed by atoms with Gasteiger partial charge in [-0.05, 0) is 150 Å². The number of hydrogen-bond acceptors (Lipinski definition) is 38. The fourth-order valence-corrected chi connectivity index (χ4v) is 17.5. The number of nitrogens with one attached hydrogen (secondary N) is 6. The van der Waals surface area contributed by atoms with Crippen molar-refractivity contribution in [1.82, 2.24) is 53.5 Å². The Kier molecular flexibility index (Phi) is 46.1. The zero-order valence-electron chi connectivity index (χ0n) is 76.1. The number of benzene rings is 3. The number of esters is 3. The van der Waals surface area contributed by atoms with E-state index < -0.39 is 204 Å². The summed E-state index contributed by atoms with van der Waals surface area (Å²) in [6.45, 7) is 8.04. The average Bonchev–Trinajstić information content (AvgIpc) is 1.63. The summed E-state index contributed by atoms with van der Waals surface area (Å²) >= 11 is 5.72. The van der Waals surface area contributed by atoms with Gasteiger partial charge in [-0.1, -0.05) is 78.9 Å². The van der Waals surface area contributed by atoms with Gasteiger partial charge in [-0.25, -0.2) is 55.5 Å². The van der Waals surface area contributed by atoms with Gasteiger partial charge in [0.15, 0.2) is 53.4 Å². The number of carbonyl (C=O) groups is 3. The molecule has 0 bridgehead atoms. The molecular weight excluding hydrogens is 1910 g/mol. The van der Waals surface area contributed by atoms with Gasteiger partial charge in [0.25, 0.3) is 0 Å². The molecular formula is C82H117Cl2F4N16O29P3. The summed E-state index contributed by atoms with van der Waals surface area (Å²) in [6, 6.07) is 26.9. The highest BCUT2D eigenvalue weighted by Crippen LogP contribution is 2.52. The Labute approximate surface area is 789 Å². The molecule has 17 N–H and O–H groups in total. The van der Waals surface area contributed by atoms with Gasteiger partial charge in [-0.15, -0.1) is 12.4 Å². The third-order valence-electron chi connectivity index (χ3n) is 19.8. The van der Waals surface area contributed by atoms with E-state index >= 15 is 8.78 Å². The first-order chi connectivity index (χ1) is 63.7. The predicted octanol–water partition coefficient (Wildman–Crippen LogP) is 6.70. The first kappa shape index (κ1) is 116. The summed E-state index contributed by atoms with van der Waals surface area (Å²) in [6.07, 6.45) is -1.37. The van der Waals surface area contributed by atoms with Gasteiger partial charge in [-0.3, -0.25) is 52.4 Å². The summed E-state index contributed by atoms with van der Waals surface area (Å²) < 4.78 is 166. The van der Waals surface area contributed by atoms with Crippen molar-refractivity contribution < 1.29 is 137 Å². The normalized spacial score (nSPS) is 26.3. The molecule has 7 unspecified atom stereocenters. The number of nitrogens with two attached hydrogens (primary N) is 2. The Morgan fingerprint density at radius 2 is 0.743 bits per heavy atom. The highest BCUT2D eigenvalue weighted by atomic mass is 35.7. The number of aliphatic hydroxyl groups is 6. The maximum absolute atomic E-state index is 15.5. The Balaban J connectivity index is 0.000000303. The molecule has 4 aromatic heterocycles. The number of aromatic nitrogens is 8. The molecule has 3 aromatic carbocycles. The van der Waals surface area contributed by atoms with Crippen LogP contribution in [0.2, 0.25) is 0 Å². The van der Waals surface area contributed by atoms with Gasteiger partial charge in [0.2, 0.25) is 0 Å². The second kappa shape index (κ2) is 53.8. The SMILES string of the molecule is C1=CCC=CC1.CCOC(=O)[C@H](C)NP(=O)(Cl)Oc1ccccc1.CCOC(=O)[C@H](C)NP(=O)(OC[C@H]1O[C@@H](n2ccc(NC)nc2=O)[C@](C)(F)C1O)Oc1ccccc1.CCOC(=O)[C@H](C)NP(=O)(OC[C@H]1O[C@@H](n2ccc(NO)nc2=O)[C@](C)(F)C1O)Oc1ccccc1.CN.CNc1ccn([C@@H]2O[C@H](CO)C(O)[C@@]2(C)F)c(=O)n1.C[C@@]1(F)C(O)[C@@H](CO)O[C@H]1n1ccc(N)nc1=O.Cl. The number of allylic oxidation sites excluding steroid dienone is 4. The van der Waals surface area contributed by atoms with E-state index in [0.717, 1.165) is 65.0 Å². The van der Waals surface area contributed by atoms with Crippen LogP contribution in [-0.4, -0.2) is 249 Å². The highest BCUT2D eigenvalue weighted by Gasteiger charge is 2.59. The number of halogens is 6. The van der Waals surface area contributed by atoms with Crippen LogP contribution in [0.25, 0.3) is 0 Å². The van der Waals surface area contributed by atoms with E-state index in [2.05, 4.69) is 75.9 Å². The van der Waals surface area contributed by atoms with Crippen LogP contribution in [0.5, 0.6) is 17.2 Å². The average molecular weight is 2030 g/mol. The van der Waals surface area contributed by atoms with Crippen LogP contribution >= 0.6 is 46.0 Å². The van der Waals surface area contributed by atoms with E-state index in [1.165, 1.54) is 94.9 Å². The third kappa shape index (κ3) is 32.3. The van der Waals surface area contributed by atoms with Gasteiger partial charge in [0.1, 0.15) is 102 Å². The molecule has 22 atom stereocenters. The lowest BCUT2D eigenvalue weighted by molar-refractivity contribution is -0.145. The van der Waals surface area contributed by atoms with Crippen LogP contribution in [0, 0.1) is 0 Å². The molecule has 0 amide bonds. The minimum atomic E-state index is -4.29. The molecule has 1 aliphatic carbocycles. The van der Waals surface area contributed by atoms with Crippen LogP contribution in [-0.2, 0) is 70.3 Å². The molecule has 4 aliphatic heterocycles. The first-order valence-corrected chi connectivity index (χ1v) is 47.3. The molecule has 756 valence electrons. The second-order valence-electron chi connectivity index (χ2n) is 30.0. The van der Waals surface area contributed by atoms with Crippen molar-refractivity contribution in [1.29, 1.82) is 0 Å². The monoisotopic (exact) mass is 2030 g/mol. The minimum Gasteiger partial charge on any atom is -0.465 e. The summed E-state index contributed by atoms with van der Waals surface area (Å²) in [4.78, 5) is 97.9. The number of ether oxygens (including phenoxy) is 7. The zero-order valence-corrected chi connectivity index (χ0v) is 80.4. The molecule has 4 saturated heterocycles. The zero-order chi connectivity index (χ0) is 101. The molecule has 4 fully saturated rings. The molecule has 45 nitrogen and oxygen atoms in total. The minimum absolute atomic E-state index is 0. The van der Waals surface area contributed by atoms with Crippen molar-refractivity contribution in [2.75, 3.05) is 89.2 Å². The van der Waals surface area contributed by atoms with Crippen LogP contribution < -0.4 is 79.2 Å². The lowest BCUT2D eigenvalue weighted by Crippen LogP contribution is -2.43. The van der Waals surface area contributed by atoms with Crippen LogP contribution in [0.4, 0.5) is 40.8 Å². The number of aliphatic hydroxyl groups excluding tert-OH is 6. The Morgan fingerprint density at radius 3 is 1.01 bits per heavy atom. The summed E-state index contributed by atoms with van der Waals surface area (Å²) in [5, 5.41) is 80.2. The Hall–Kier alpha value is -10.0. The van der Waals surface area contributed by atoms with E-state index in [-0.39, 0.29) is 61.2 Å². The number of nitrogens with zero attached hydrogens (tertiary/aromatic N) is 8. The maximum Gasteiger partial charge on any atom is 0.459 e. The van der Waals surface area contributed by atoms with Gasteiger partial charge in [-0.2, -0.15) is 30.1 Å². The number of anilines is 4. The molecule has 0 spiro atoms. The van der Waals surface area contributed by atoms with Crippen molar-refractivity contribution >= 4 is 87.2 Å². The molecule has 0 radical (unpaired) electrons. The lowest BCUT2D eigenvalue weighted by atomic mass is 9.98. The summed E-state index contributed by atoms with van der Waals surface area (Å²) in [7, 11) is -3.88. The molecule has 54 heteroatoms. The van der Waals surface area contributed by atoms with Crippen LogP contribution in [0.15, 0.2) is 184 Å². The molecule has 5 aliphatic rings. The first-order valence-electron chi connectivity index (χ1n) is 41.7. The van der Waals surface area contributed by atoms with Gasteiger partial charge >= 0.3 is 63.0 Å². The number of rotatable bonds is 33. The van der Waals surface area contributed by atoms with Crippen LogP contribution in [0.1, 0.15) is 107 Å². The summed E-state index contributed by atoms with van der Waals surface area (Å²) in [5.41, 5.74) is -1.03. The smallest absolute Gasteiger partial charge is 0.459 e. The Morgan fingerprint density at radius 1 is 0.471 bits per heavy atom. The van der Waals surface area contributed by atoms with Crippen molar-refractivity contribution in [3.63, 3.8) is 0 Å². The van der Waals surface area contributed by atoms with Crippen molar-refractivity contribution in [3.8, 4) is 17.2 Å². The number of carbonyl (C=O) groups excluding carboxylic acids is 3. The number of nitrogen functional groups attached to an aromatic ring is 1. The van der Waals surface area contributed by atoms with E-state index in [1.807, 2.05) is 0 Å². The van der Waals surface area contributed by atoms with Crippen LogP contribution in [0.3, 0.4) is 0 Å². The van der Waals surface area contributed by atoms with E-state index in [0.29, 0.717) is 11.6 Å². The quantitative estimate of drug-likeness (QED) is 0.00508. The number of hydrogen-bond donors (Lipinski definition) is 15. The predicted molar refractivity (Wildman–Crippen MR) is 489 cm³/mol. The van der Waals surface area contributed by atoms with Crippen molar-refractivity contribution in [3.05, 3.63) is 206 Å². The molecule has 7 aromatic rings. The highest BCUT2D eigenvalue weighted by molar-refractivity contribution is 7.84. The fourth-order valence-electron chi connectivity index (χ4n) is 12.8. The summed E-state index contributed by atoms with van der Waals surface area (Å²) in [5.74, 6) is -0.786. The van der Waals surface area contributed by atoms with E-state index in [4.69, 9.17) is 88.2 Å². The molecule has 0 saturated carbocycles. The molecule has 136 heavy (non-hydrogen) atoms. The molecule has 12 rings (SSSR count). The van der Waals surface area contributed by atoms with Crippen molar-refractivity contribution in [2.45, 2.75) is 197 Å². The standard InChI is InChI=1S/C22H30FN4O8P.C21H28FN4O9P.C11H15ClNO4P.C11H16FN3O4.C10H14FN3O4.C6H8.CH5N.ClH/c1-5-32-19(29)14(2)26-36(31,35-15-9-7-6-8-10-15)33-13-16-18(28)22(3,23)20(34-16)27-12-11-17(24-4)25-21(27)30;1-4-32-18(28)13(2)25-36(31,35-14-8-6-5-7-9-14)33-12-15-17(27)21(3,22)19(34-15)26-11-10-16(24-30)23-20(26)29;1-3-16-11(14)9(2)13-18(12,15)17-10-7-5-4-6-8-10;1-11(12)8(17)6(5-16)19-9(11)15-4-3-7(13-2)14-10(15)18;1-10(11)7(16)5(4-15)18-8(10)14-3-2-6(12)13-9(14)17;1-2-4-6-5-3-1;1-2;/h6-12,14,16,18,20,28H,5,13H2,1-4H3,(H,26,31)(H,24,25,30);5-11,13,15,17,19,27,30H,4,12H2,1-3H3,(H,25,31)(H,23,24,29);4-9H,3H2,1-2H3,(H,13,15);3-4,6,8-9,16-17H,5H2,1-2H3,(H,13,14,18);2-3,5,7-8,15-16H,4H2,1H3,(H2,12,13,17);1-2,5-6H,3-4H2;2H2,1H3;1H/t14-,16+,18?,20+,22+,36?;13-,15+,17?,19+,21+,36?;9-,18?;6-,8?,9-,11-;5-,7?,8-,10-;;;/m00011.../s1. The van der Waals surface area contributed by atoms with E-state index in [1.54, 1.807) is 107 Å². The lowest BCUT2D eigenvalue weighted by Gasteiger charge is -2.25.